The van der Waals surface area contributed by atoms with E-state index in [0.717, 1.165) is 25.7 Å². The smallest absolute Gasteiger partial charge is 0.222 e. The Kier molecular flexibility index (Phi) is 4.21. The zero-order chi connectivity index (χ0) is 12.2. The van der Waals surface area contributed by atoms with Gasteiger partial charge < -0.3 is 5.73 Å². The molecule has 0 saturated carbocycles. The van der Waals surface area contributed by atoms with Crippen LogP contribution < -0.4 is 5.73 Å². The number of nitrogens with two attached hydrogens (primary N) is 1. The zero-order valence-electron chi connectivity index (χ0n) is 10.3. The number of halogens is 1. The fourth-order valence-corrected chi connectivity index (χ4v) is 1.80. The van der Waals surface area contributed by atoms with Crippen molar-refractivity contribution in [3.8, 4) is 0 Å². The Morgan fingerprint density at radius 1 is 1.38 bits per heavy atom. The van der Waals surface area contributed by atoms with E-state index in [-0.39, 0.29) is 11.4 Å². The molecule has 0 aliphatic rings. The third-order valence-corrected chi connectivity index (χ3v) is 3.19. The number of hydrogen-bond donors (Lipinski definition) is 1. The van der Waals surface area contributed by atoms with Crippen molar-refractivity contribution in [1.82, 2.24) is 9.97 Å². The van der Waals surface area contributed by atoms with Gasteiger partial charge in [-0.2, -0.15) is 9.37 Å². The van der Waals surface area contributed by atoms with Gasteiger partial charge in [-0.1, -0.05) is 33.6 Å². The van der Waals surface area contributed by atoms with E-state index in [2.05, 4.69) is 30.7 Å². The van der Waals surface area contributed by atoms with Crippen LogP contribution in [0, 0.1) is 5.95 Å². The molecule has 0 amide bonds. The molecule has 1 unspecified atom stereocenters. The molecule has 4 heteroatoms. The first kappa shape index (κ1) is 12.9. The normalized spacial score (nSPS) is 14.8. The van der Waals surface area contributed by atoms with Crippen molar-refractivity contribution in [3.63, 3.8) is 0 Å². The molecule has 1 aromatic heterocycles. The van der Waals surface area contributed by atoms with E-state index in [9.17, 15) is 4.39 Å². The van der Waals surface area contributed by atoms with Crippen molar-refractivity contribution in [1.29, 1.82) is 0 Å². The monoisotopic (exact) mass is 225 g/mol. The molecule has 90 valence electrons. The molecule has 0 fully saturated rings. The van der Waals surface area contributed by atoms with E-state index in [1.807, 2.05) is 0 Å². The molecule has 0 aromatic carbocycles. The van der Waals surface area contributed by atoms with Gasteiger partial charge in [0.05, 0.1) is 5.69 Å². The Hall–Kier alpha value is -1.19. The largest absolute Gasteiger partial charge is 0.368 e. The van der Waals surface area contributed by atoms with Crippen LogP contribution in [-0.2, 0) is 5.41 Å². The minimum Gasteiger partial charge on any atom is -0.368 e. The maximum atomic E-state index is 13.2. The van der Waals surface area contributed by atoms with E-state index in [1.165, 1.54) is 6.07 Å². The van der Waals surface area contributed by atoms with Crippen molar-refractivity contribution < 1.29 is 4.39 Å². The number of nitrogen functional groups attached to an aromatic ring is 1. The lowest BCUT2D eigenvalue weighted by molar-refractivity contribution is 0.388. The van der Waals surface area contributed by atoms with E-state index >= 15 is 0 Å². The Morgan fingerprint density at radius 3 is 2.56 bits per heavy atom. The quantitative estimate of drug-likeness (QED) is 0.783. The van der Waals surface area contributed by atoms with Crippen molar-refractivity contribution in [3.05, 3.63) is 17.7 Å². The van der Waals surface area contributed by atoms with Crippen LogP contribution in [0.15, 0.2) is 6.07 Å². The van der Waals surface area contributed by atoms with Gasteiger partial charge in [0, 0.05) is 11.5 Å². The summed E-state index contributed by atoms with van der Waals surface area (Å²) in [5, 5.41) is 0. The van der Waals surface area contributed by atoms with Crippen molar-refractivity contribution in [2.75, 3.05) is 5.73 Å². The molecule has 1 rings (SSSR count). The third kappa shape index (κ3) is 2.90. The maximum Gasteiger partial charge on any atom is 0.222 e. The number of rotatable bonds is 5. The van der Waals surface area contributed by atoms with Crippen LogP contribution in [0.3, 0.4) is 0 Å². The number of hydrogen-bond acceptors (Lipinski definition) is 3. The second-order valence-corrected chi connectivity index (χ2v) is 4.45. The van der Waals surface area contributed by atoms with Gasteiger partial charge >= 0.3 is 0 Å². The Bertz CT molecular complexity index is 334. The summed E-state index contributed by atoms with van der Waals surface area (Å²) < 4.78 is 13.2. The highest BCUT2D eigenvalue weighted by atomic mass is 19.1. The van der Waals surface area contributed by atoms with Crippen LogP contribution in [0.5, 0.6) is 0 Å². The maximum absolute atomic E-state index is 13.2. The first-order chi connectivity index (χ1) is 7.51. The van der Waals surface area contributed by atoms with Crippen molar-refractivity contribution in [2.24, 2.45) is 0 Å². The van der Waals surface area contributed by atoms with Gasteiger partial charge in [-0.25, -0.2) is 4.98 Å². The van der Waals surface area contributed by atoms with Crippen LogP contribution in [-0.4, -0.2) is 9.97 Å². The van der Waals surface area contributed by atoms with Crippen LogP contribution in [0.2, 0.25) is 0 Å². The highest BCUT2D eigenvalue weighted by Gasteiger charge is 2.26. The highest BCUT2D eigenvalue weighted by Crippen LogP contribution is 2.32. The van der Waals surface area contributed by atoms with Crippen LogP contribution >= 0.6 is 0 Å². The second-order valence-electron chi connectivity index (χ2n) is 4.45. The van der Waals surface area contributed by atoms with Gasteiger partial charge in [-0.15, -0.1) is 0 Å². The molecule has 0 aliphatic carbocycles. The minimum atomic E-state index is -0.543. The first-order valence-electron chi connectivity index (χ1n) is 5.82. The molecule has 1 aromatic rings. The molecule has 2 N–H and O–H groups in total. The molecular formula is C12H20FN3. The summed E-state index contributed by atoms with van der Waals surface area (Å²) >= 11 is 0. The second kappa shape index (κ2) is 5.23. The molecule has 0 spiro atoms. The Morgan fingerprint density at radius 2 is 2.06 bits per heavy atom. The summed E-state index contributed by atoms with van der Waals surface area (Å²) in [6.45, 7) is 6.33. The van der Waals surface area contributed by atoms with Crippen molar-refractivity contribution >= 4 is 5.95 Å². The summed E-state index contributed by atoms with van der Waals surface area (Å²) in [4.78, 5) is 7.62. The average Bonchev–Trinajstić information content (AvgIpc) is 2.24. The molecule has 0 bridgehead atoms. The van der Waals surface area contributed by atoms with Crippen LogP contribution in [0.4, 0.5) is 10.3 Å². The first-order valence-corrected chi connectivity index (χ1v) is 5.82. The minimum absolute atomic E-state index is 0.0196. The standard InChI is InChI=1S/C12H20FN3/c1-4-6-7-12(3,5-2)9-8-10(13)16-11(14)15-9/h8H,4-7H2,1-3H3,(H2,14,15,16). The Balaban J connectivity index is 3.01. The SMILES string of the molecule is CCCCC(C)(CC)c1cc(F)nc(N)n1. The van der Waals surface area contributed by atoms with Gasteiger partial charge in [0.15, 0.2) is 0 Å². The highest BCUT2D eigenvalue weighted by molar-refractivity contribution is 5.23. The van der Waals surface area contributed by atoms with Crippen LogP contribution in [0.1, 0.15) is 52.1 Å². The van der Waals surface area contributed by atoms with Gasteiger partial charge in [0.2, 0.25) is 11.9 Å². The third-order valence-electron chi connectivity index (χ3n) is 3.19. The van der Waals surface area contributed by atoms with E-state index in [4.69, 9.17) is 5.73 Å². The van der Waals surface area contributed by atoms with Gasteiger partial charge in [0.25, 0.3) is 0 Å². The predicted octanol–water partition coefficient (Wildman–Crippen LogP) is 3.06. The number of aromatic nitrogens is 2. The molecule has 1 atom stereocenters. The van der Waals surface area contributed by atoms with Gasteiger partial charge in [0.1, 0.15) is 0 Å². The summed E-state index contributed by atoms with van der Waals surface area (Å²) in [7, 11) is 0. The lowest BCUT2D eigenvalue weighted by atomic mass is 9.79. The summed E-state index contributed by atoms with van der Waals surface area (Å²) in [6, 6.07) is 1.40. The number of nitrogens with zero attached hydrogens (tertiary/aromatic N) is 2. The van der Waals surface area contributed by atoms with Crippen molar-refractivity contribution in [2.45, 2.75) is 51.9 Å². The molecule has 0 saturated heterocycles. The van der Waals surface area contributed by atoms with Gasteiger partial charge in [-0.05, 0) is 12.8 Å². The van der Waals surface area contributed by atoms with Gasteiger partial charge in [-0.3, -0.25) is 0 Å². The topological polar surface area (TPSA) is 51.8 Å². The molecule has 1 heterocycles. The molecule has 0 aliphatic heterocycles. The van der Waals surface area contributed by atoms with E-state index < -0.39 is 5.95 Å². The molecule has 0 radical (unpaired) electrons. The summed E-state index contributed by atoms with van der Waals surface area (Å²) in [5.74, 6) is -0.523. The Labute approximate surface area is 96.3 Å². The number of anilines is 1. The number of unbranched alkanes of at least 4 members (excludes halogenated alkanes) is 1. The van der Waals surface area contributed by atoms with E-state index in [0.29, 0.717) is 5.69 Å². The lowest BCUT2D eigenvalue weighted by Crippen LogP contribution is -2.23. The average molecular weight is 225 g/mol. The fraction of sp³-hybridized carbons (Fsp3) is 0.667. The molecule has 16 heavy (non-hydrogen) atoms. The van der Waals surface area contributed by atoms with Crippen LogP contribution in [0.25, 0.3) is 0 Å². The van der Waals surface area contributed by atoms with E-state index in [1.54, 1.807) is 0 Å². The zero-order valence-corrected chi connectivity index (χ0v) is 10.3. The fourth-order valence-electron chi connectivity index (χ4n) is 1.80. The molecular weight excluding hydrogens is 205 g/mol. The summed E-state index contributed by atoms with van der Waals surface area (Å²) in [6.07, 6.45) is 4.15. The predicted molar refractivity (Wildman–Crippen MR) is 63.6 cm³/mol. The molecule has 3 nitrogen and oxygen atoms in total. The lowest BCUT2D eigenvalue weighted by Gasteiger charge is -2.27. The summed E-state index contributed by atoms with van der Waals surface area (Å²) in [5.41, 5.74) is 6.09.